The van der Waals surface area contributed by atoms with Gasteiger partial charge in [-0.05, 0) is 29.9 Å². The van der Waals surface area contributed by atoms with E-state index in [0.717, 1.165) is 30.4 Å². The molecule has 0 spiro atoms. The number of benzene rings is 2. The molecule has 0 radical (unpaired) electrons. The summed E-state index contributed by atoms with van der Waals surface area (Å²) < 4.78 is 5.21. The molecular formula is C23H27NO3. The summed E-state index contributed by atoms with van der Waals surface area (Å²) in [5.74, 6) is -0.00666. The summed E-state index contributed by atoms with van der Waals surface area (Å²) in [7, 11) is 0. The van der Waals surface area contributed by atoms with Crippen LogP contribution in [0, 0.1) is 0 Å². The molecule has 0 aromatic heterocycles. The van der Waals surface area contributed by atoms with Gasteiger partial charge in [-0.2, -0.15) is 0 Å². The molecule has 1 aliphatic heterocycles. The van der Waals surface area contributed by atoms with E-state index in [0.29, 0.717) is 12.8 Å². The van der Waals surface area contributed by atoms with Crippen LogP contribution in [0.4, 0.5) is 4.79 Å². The summed E-state index contributed by atoms with van der Waals surface area (Å²) in [6, 6.07) is 19.8. The highest BCUT2D eigenvalue weighted by atomic mass is 16.6. The van der Waals surface area contributed by atoms with E-state index in [2.05, 4.69) is 19.1 Å². The van der Waals surface area contributed by atoms with Crippen LogP contribution in [-0.4, -0.2) is 29.5 Å². The minimum Gasteiger partial charge on any atom is -0.447 e. The maximum Gasteiger partial charge on any atom is 0.416 e. The number of nitrogens with zero attached hydrogens (tertiary/aromatic N) is 1. The number of ether oxygens (including phenoxy) is 1. The number of cyclic esters (lactones) is 1. The molecule has 0 aliphatic carbocycles. The molecule has 0 unspecified atom stereocenters. The maximum atomic E-state index is 13.0. The van der Waals surface area contributed by atoms with Crippen molar-refractivity contribution in [3.8, 4) is 0 Å². The summed E-state index contributed by atoms with van der Waals surface area (Å²) in [5.41, 5.74) is 2.26. The molecule has 142 valence electrons. The van der Waals surface area contributed by atoms with Crippen LogP contribution in [0.15, 0.2) is 60.7 Å². The second-order valence-corrected chi connectivity index (χ2v) is 7.14. The SMILES string of the molecule is CCCC[C@@H](CC(=O)N1C(=O)OC[C@@H]1Cc1ccccc1)c1ccccc1. The Bertz CT molecular complexity index is 745. The van der Waals surface area contributed by atoms with E-state index < -0.39 is 6.09 Å². The Hall–Kier alpha value is -2.62. The van der Waals surface area contributed by atoms with Crippen molar-refractivity contribution in [2.75, 3.05) is 6.61 Å². The molecule has 1 saturated heterocycles. The van der Waals surface area contributed by atoms with Crippen LogP contribution in [-0.2, 0) is 16.0 Å². The summed E-state index contributed by atoms with van der Waals surface area (Å²) in [4.78, 5) is 26.6. The van der Waals surface area contributed by atoms with Crippen LogP contribution in [0.25, 0.3) is 0 Å². The molecule has 1 heterocycles. The largest absolute Gasteiger partial charge is 0.447 e. The zero-order valence-corrected chi connectivity index (χ0v) is 15.8. The number of carbonyl (C=O) groups excluding carboxylic acids is 2. The van der Waals surface area contributed by atoms with Crippen molar-refractivity contribution < 1.29 is 14.3 Å². The molecule has 2 aromatic rings. The van der Waals surface area contributed by atoms with Gasteiger partial charge < -0.3 is 4.74 Å². The Balaban J connectivity index is 1.72. The minimum absolute atomic E-state index is 0.129. The summed E-state index contributed by atoms with van der Waals surface area (Å²) in [6.45, 7) is 2.42. The molecule has 2 aromatic carbocycles. The van der Waals surface area contributed by atoms with Crippen molar-refractivity contribution in [1.29, 1.82) is 0 Å². The van der Waals surface area contributed by atoms with Gasteiger partial charge in [-0.25, -0.2) is 9.69 Å². The Kier molecular flexibility index (Phi) is 6.64. The highest BCUT2D eigenvalue weighted by Crippen LogP contribution is 2.28. The van der Waals surface area contributed by atoms with Crippen LogP contribution < -0.4 is 0 Å². The molecule has 4 heteroatoms. The van der Waals surface area contributed by atoms with E-state index in [9.17, 15) is 9.59 Å². The average molecular weight is 365 g/mol. The van der Waals surface area contributed by atoms with Gasteiger partial charge >= 0.3 is 6.09 Å². The Labute approximate surface area is 161 Å². The highest BCUT2D eigenvalue weighted by Gasteiger charge is 2.38. The zero-order chi connectivity index (χ0) is 19.1. The minimum atomic E-state index is -0.511. The van der Waals surface area contributed by atoms with Crippen LogP contribution >= 0.6 is 0 Å². The van der Waals surface area contributed by atoms with Crippen LogP contribution in [0.2, 0.25) is 0 Å². The van der Waals surface area contributed by atoms with Gasteiger partial charge in [0.1, 0.15) is 6.61 Å². The van der Waals surface area contributed by atoms with Gasteiger partial charge in [-0.3, -0.25) is 4.79 Å². The Morgan fingerprint density at radius 1 is 1.11 bits per heavy atom. The standard InChI is InChI=1S/C23H27NO3/c1-2-3-12-20(19-13-8-5-9-14-19)16-22(25)24-21(17-27-23(24)26)15-18-10-6-4-7-11-18/h4-11,13-14,20-21H,2-3,12,15-17H2,1H3/t20-,21-/m0/s1. The molecular weight excluding hydrogens is 338 g/mol. The predicted molar refractivity (Wildman–Crippen MR) is 105 cm³/mol. The third-order valence-electron chi connectivity index (χ3n) is 5.14. The number of imide groups is 1. The average Bonchev–Trinajstić information content (AvgIpc) is 3.06. The number of carbonyl (C=O) groups is 2. The predicted octanol–water partition coefficient (Wildman–Crippen LogP) is 4.94. The Morgan fingerprint density at radius 2 is 1.78 bits per heavy atom. The number of hydrogen-bond donors (Lipinski definition) is 0. The van der Waals surface area contributed by atoms with Crippen molar-refractivity contribution in [3.63, 3.8) is 0 Å². The molecule has 2 amide bonds. The van der Waals surface area contributed by atoms with E-state index >= 15 is 0 Å². The van der Waals surface area contributed by atoms with E-state index in [1.807, 2.05) is 48.5 Å². The fraction of sp³-hybridized carbons (Fsp3) is 0.391. The number of hydrogen-bond acceptors (Lipinski definition) is 3. The van der Waals surface area contributed by atoms with Gasteiger partial charge in [0.2, 0.25) is 5.91 Å². The smallest absolute Gasteiger partial charge is 0.416 e. The van der Waals surface area contributed by atoms with Crippen LogP contribution in [0.3, 0.4) is 0 Å². The molecule has 0 bridgehead atoms. The Morgan fingerprint density at radius 3 is 2.44 bits per heavy atom. The fourth-order valence-corrected chi connectivity index (χ4v) is 3.67. The van der Waals surface area contributed by atoms with Gasteiger partial charge in [0.25, 0.3) is 0 Å². The van der Waals surface area contributed by atoms with Gasteiger partial charge in [0.05, 0.1) is 6.04 Å². The van der Waals surface area contributed by atoms with Crippen LogP contribution in [0.1, 0.15) is 49.7 Å². The first-order valence-corrected chi connectivity index (χ1v) is 9.76. The van der Waals surface area contributed by atoms with E-state index in [4.69, 9.17) is 4.74 Å². The lowest BCUT2D eigenvalue weighted by Crippen LogP contribution is -2.40. The third-order valence-corrected chi connectivity index (χ3v) is 5.14. The van der Waals surface area contributed by atoms with Crippen LogP contribution in [0.5, 0.6) is 0 Å². The summed E-state index contributed by atoms with van der Waals surface area (Å²) >= 11 is 0. The lowest BCUT2D eigenvalue weighted by Gasteiger charge is -2.23. The molecule has 27 heavy (non-hydrogen) atoms. The highest BCUT2D eigenvalue weighted by molar-refractivity contribution is 5.94. The second kappa shape index (κ2) is 9.36. The van der Waals surface area contributed by atoms with Crippen molar-refractivity contribution in [1.82, 2.24) is 4.90 Å². The molecule has 4 nitrogen and oxygen atoms in total. The van der Waals surface area contributed by atoms with Crippen molar-refractivity contribution in [3.05, 3.63) is 71.8 Å². The first-order chi connectivity index (χ1) is 13.2. The molecule has 3 rings (SSSR count). The van der Waals surface area contributed by atoms with E-state index in [-0.39, 0.29) is 24.5 Å². The van der Waals surface area contributed by atoms with E-state index in [1.54, 1.807) is 0 Å². The molecule has 0 saturated carbocycles. The lowest BCUT2D eigenvalue weighted by molar-refractivity contribution is -0.129. The monoisotopic (exact) mass is 365 g/mol. The second-order valence-electron chi connectivity index (χ2n) is 7.14. The van der Waals surface area contributed by atoms with Crippen molar-refractivity contribution in [2.45, 2.75) is 51.0 Å². The molecule has 0 N–H and O–H groups in total. The maximum absolute atomic E-state index is 13.0. The van der Waals surface area contributed by atoms with Gasteiger partial charge in [0, 0.05) is 6.42 Å². The van der Waals surface area contributed by atoms with Gasteiger partial charge in [0.15, 0.2) is 0 Å². The molecule has 1 fully saturated rings. The molecule has 1 aliphatic rings. The first-order valence-electron chi connectivity index (χ1n) is 9.76. The summed E-state index contributed by atoms with van der Waals surface area (Å²) in [6.07, 6.45) is 3.54. The third kappa shape index (κ3) is 4.97. The van der Waals surface area contributed by atoms with Crippen molar-refractivity contribution in [2.24, 2.45) is 0 Å². The lowest BCUT2D eigenvalue weighted by atomic mass is 9.90. The quantitative estimate of drug-likeness (QED) is 0.665. The number of rotatable bonds is 8. The van der Waals surface area contributed by atoms with Crippen molar-refractivity contribution >= 4 is 12.0 Å². The zero-order valence-electron chi connectivity index (χ0n) is 15.8. The summed E-state index contributed by atoms with van der Waals surface area (Å²) in [5, 5.41) is 0. The first kappa shape index (κ1) is 19.2. The van der Waals surface area contributed by atoms with E-state index in [1.165, 1.54) is 4.90 Å². The molecule has 2 atom stereocenters. The fourth-order valence-electron chi connectivity index (χ4n) is 3.67. The number of unbranched alkanes of at least 4 members (excludes halogenated alkanes) is 1. The van der Waals surface area contributed by atoms with Gasteiger partial charge in [-0.1, -0.05) is 80.4 Å². The number of amides is 2. The normalized spacial score (nSPS) is 17.6. The van der Waals surface area contributed by atoms with Gasteiger partial charge in [-0.15, -0.1) is 0 Å². The topological polar surface area (TPSA) is 46.6 Å².